The first-order chi connectivity index (χ1) is 12.7. The fourth-order valence-electron chi connectivity index (χ4n) is 2.63. The predicted octanol–water partition coefficient (Wildman–Crippen LogP) is 5.05. The van der Waals surface area contributed by atoms with Crippen molar-refractivity contribution in [1.82, 2.24) is 0 Å². The van der Waals surface area contributed by atoms with Crippen LogP contribution >= 0.6 is 0 Å². The van der Waals surface area contributed by atoms with Gasteiger partial charge in [-0.1, -0.05) is 66.7 Å². The number of benzene rings is 3. The van der Waals surface area contributed by atoms with Crippen molar-refractivity contribution in [2.45, 2.75) is 12.6 Å². The summed E-state index contributed by atoms with van der Waals surface area (Å²) in [5.74, 6) is 0.781. The zero-order valence-corrected chi connectivity index (χ0v) is 14.8. The van der Waals surface area contributed by atoms with Crippen LogP contribution in [0.4, 0.5) is 5.69 Å². The van der Waals surface area contributed by atoms with E-state index >= 15 is 0 Å². The summed E-state index contributed by atoms with van der Waals surface area (Å²) in [6, 6.07) is 25.9. The molecule has 1 unspecified atom stereocenters. The molecule has 0 radical (unpaired) electrons. The second-order valence-corrected chi connectivity index (χ2v) is 6.04. The first kappa shape index (κ1) is 17.8. The van der Waals surface area contributed by atoms with Gasteiger partial charge >= 0.3 is 0 Å². The summed E-state index contributed by atoms with van der Waals surface area (Å²) in [7, 11) is 1.63. The molecule has 0 bridgehead atoms. The first-order valence-electron chi connectivity index (χ1n) is 8.63. The highest BCUT2D eigenvalue weighted by atomic mass is 16.5. The van der Waals surface area contributed by atoms with Crippen LogP contribution in [0, 0.1) is 0 Å². The van der Waals surface area contributed by atoms with Gasteiger partial charge in [-0.25, -0.2) is 0 Å². The molecule has 0 spiro atoms. The van der Waals surface area contributed by atoms with Crippen LogP contribution < -0.4 is 10.1 Å². The third-order valence-electron chi connectivity index (χ3n) is 4.18. The lowest BCUT2D eigenvalue weighted by Crippen LogP contribution is -1.98. The van der Waals surface area contributed by atoms with E-state index in [4.69, 9.17) is 4.74 Å². The Balaban J connectivity index is 1.56. The molecule has 0 aliphatic rings. The van der Waals surface area contributed by atoms with Crippen LogP contribution in [0.3, 0.4) is 0 Å². The summed E-state index contributed by atoms with van der Waals surface area (Å²) >= 11 is 0. The Bertz CT molecular complexity index is 824. The Morgan fingerprint density at radius 3 is 2.27 bits per heavy atom. The molecule has 132 valence electrons. The van der Waals surface area contributed by atoms with Crippen LogP contribution in [0.1, 0.15) is 22.8 Å². The van der Waals surface area contributed by atoms with Crippen molar-refractivity contribution in [2.75, 3.05) is 12.4 Å². The lowest BCUT2D eigenvalue weighted by atomic mass is 10.1. The van der Waals surface area contributed by atoms with Crippen molar-refractivity contribution in [1.29, 1.82) is 0 Å². The van der Waals surface area contributed by atoms with E-state index in [1.165, 1.54) is 5.56 Å². The molecule has 0 heterocycles. The van der Waals surface area contributed by atoms with Gasteiger partial charge in [0.25, 0.3) is 0 Å². The molecule has 0 amide bonds. The maximum Gasteiger partial charge on any atom is 0.118 e. The van der Waals surface area contributed by atoms with Crippen LogP contribution in [0.15, 0.2) is 84.9 Å². The van der Waals surface area contributed by atoms with Gasteiger partial charge in [-0.15, -0.1) is 0 Å². The van der Waals surface area contributed by atoms with Crippen molar-refractivity contribution >= 4 is 11.8 Å². The van der Waals surface area contributed by atoms with Gasteiger partial charge in [0, 0.05) is 12.2 Å². The predicted molar refractivity (Wildman–Crippen MR) is 107 cm³/mol. The van der Waals surface area contributed by atoms with Crippen molar-refractivity contribution in [3.05, 3.63) is 102 Å². The molecule has 0 fully saturated rings. The largest absolute Gasteiger partial charge is 0.497 e. The number of nitrogens with one attached hydrogen (secondary N) is 1. The number of aliphatic hydroxyl groups excluding tert-OH is 1. The van der Waals surface area contributed by atoms with E-state index in [1.807, 2.05) is 72.8 Å². The Morgan fingerprint density at radius 1 is 0.923 bits per heavy atom. The topological polar surface area (TPSA) is 41.5 Å². The van der Waals surface area contributed by atoms with Crippen LogP contribution in [0.25, 0.3) is 6.08 Å². The molecule has 1 atom stereocenters. The van der Waals surface area contributed by atoms with Gasteiger partial charge in [0.05, 0.1) is 13.2 Å². The van der Waals surface area contributed by atoms with Gasteiger partial charge in [0.15, 0.2) is 0 Å². The first-order valence-corrected chi connectivity index (χ1v) is 8.63. The molecule has 0 aliphatic carbocycles. The van der Waals surface area contributed by atoms with Gasteiger partial charge in [-0.2, -0.15) is 0 Å². The van der Waals surface area contributed by atoms with E-state index < -0.39 is 6.10 Å². The number of hydrogen-bond acceptors (Lipinski definition) is 3. The van der Waals surface area contributed by atoms with Gasteiger partial charge < -0.3 is 15.2 Å². The Morgan fingerprint density at radius 2 is 1.62 bits per heavy atom. The van der Waals surface area contributed by atoms with Gasteiger partial charge in [0.2, 0.25) is 0 Å². The molecule has 3 heteroatoms. The summed E-state index contributed by atoms with van der Waals surface area (Å²) in [6.07, 6.45) is 3.07. The van der Waals surface area contributed by atoms with Crippen molar-refractivity contribution in [2.24, 2.45) is 0 Å². The summed E-state index contributed by atoms with van der Waals surface area (Å²) < 4.78 is 5.13. The number of methoxy groups -OCH3 is 1. The molecule has 0 aromatic heterocycles. The van der Waals surface area contributed by atoms with Crippen molar-refractivity contribution in [3.8, 4) is 5.75 Å². The lowest BCUT2D eigenvalue weighted by molar-refractivity contribution is 0.229. The van der Waals surface area contributed by atoms with E-state index in [0.717, 1.165) is 29.1 Å². The molecule has 0 saturated heterocycles. The molecule has 0 saturated carbocycles. The number of rotatable bonds is 7. The third kappa shape index (κ3) is 4.98. The quantitative estimate of drug-likeness (QED) is 0.629. The van der Waals surface area contributed by atoms with E-state index in [0.29, 0.717) is 0 Å². The fraction of sp³-hybridized carbons (Fsp3) is 0.130. The zero-order chi connectivity index (χ0) is 18.2. The van der Waals surface area contributed by atoms with Crippen molar-refractivity contribution < 1.29 is 9.84 Å². The number of aliphatic hydroxyl groups is 1. The van der Waals surface area contributed by atoms with E-state index in [2.05, 4.69) is 17.4 Å². The average molecular weight is 345 g/mol. The van der Waals surface area contributed by atoms with E-state index in [1.54, 1.807) is 13.2 Å². The molecule has 3 nitrogen and oxygen atoms in total. The molecule has 3 aromatic rings. The van der Waals surface area contributed by atoms with Crippen molar-refractivity contribution in [3.63, 3.8) is 0 Å². The normalized spacial score (nSPS) is 12.1. The molecule has 2 N–H and O–H groups in total. The highest BCUT2D eigenvalue weighted by Gasteiger charge is 2.03. The second-order valence-electron chi connectivity index (χ2n) is 6.04. The Hall–Kier alpha value is -3.04. The highest BCUT2D eigenvalue weighted by Crippen LogP contribution is 2.20. The SMILES string of the molecule is COc1ccc(C(O)/C=C/c2ccc(NCc3ccccc3)cc2)cc1. The van der Waals surface area contributed by atoms with Crippen LogP contribution in [0.5, 0.6) is 5.75 Å². The Labute approximate surface area is 154 Å². The highest BCUT2D eigenvalue weighted by molar-refractivity contribution is 5.55. The maximum absolute atomic E-state index is 10.3. The van der Waals surface area contributed by atoms with Crippen LogP contribution in [-0.2, 0) is 6.54 Å². The minimum atomic E-state index is -0.642. The molecule has 0 aliphatic heterocycles. The van der Waals surface area contributed by atoms with Gasteiger partial charge in [0.1, 0.15) is 5.75 Å². The third-order valence-corrected chi connectivity index (χ3v) is 4.18. The molecule has 3 aromatic carbocycles. The van der Waals surface area contributed by atoms with Crippen LogP contribution in [0.2, 0.25) is 0 Å². The van der Waals surface area contributed by atoms with E-state index in [9.17, 15) is 5.11 Å². The summed E-state index contributed by atoms with van der Waals surface area (Å²) in [5, 5.41) is 13.7. The molecular weight excluding hydrogens is 322 g/mol. The summed E-state index contributed by atoms with van der Waals surface area (Å²) in [4.78, 5) is 0. The average Bonchev–Trinajstić information content (AvgIpc) is 2.72. The molecule has 3 rings (SSSR count). The number of anilines is 1. The zero-order valence-electron chi connectivity index (χ0n) is 14.8. The van der Waals surface area contributed by atoms with Gasteiger partial charge in [-0.05, 0) is 41.0 Å². The smallest absolute Gasteiger partial charge is 0.118 e. The number of hydrogen-bond donors (Lipinski definition) is 2. The summed E-state index contributed by atoms with van der Waals surface area (Å²) in [5.41, 5.74) is 4.20. The Kier molecular flexibility index (Phi) is 6.07. The minimum absolute atomic E-state index is 0.642. The lowest BCUT2D eigenvalue weighted by Gasteiger charge is -2.08. The summed E-state index contributed by atoms with van der Waals surface area (Å²) in [6.45, 7) is 0.798. The molecular formula is C23H23NO2. The maximum atomic E-state index is 10.3. The standard InChI is InChI=1S/C23H23NO2/c1-26-22-14-10-20(11-15-22)23(25)16-9-18-7-12-21(13-8-18)24-17-19-5-3-2-4-6-19/h2-16,23-25H,17H2,1H3/b16-9+. The van der Waals surface area contributed by atoms with E-state index in [-0.39, 0.29) is 0 Å². The monoisotopic (exact) mass is 345 g/mol. The number of ether oxygens (including phenoxy) is 1. The van der Waals surface area contributed by atoms with Gasteiger partial charge in [-0.3, -0.25) is 0 Å². The molecule has 26 heavy (non-hydrogen) atoms. The second kappa shape index (κ2) is 8.88. The fourth-order valence-corrected chi connectivity index (χ4v) is 2.63. The van der Waals surface area contributed by atoms with Crippen LogP contribution in [-0.4, -0.2) is 12.2 Å². The minimum Gasteiger partial charge on any atom is -0.497 e.